The van der Waals surface area contributed by atoms with Gasteiger partial charge in [0.2, 0.25) is 5.89 Å². The van der Waals surface area contributed by atoms with Gasteiger partial charge in [-0.25, -0.2) is 4.98 Å². The molecule has 0 aliphatic carbocycles. The molecule has 0 bridgehead atoms. The number of benzene rings is 2. The van der Waals surface area contributed by atoms with Crippen LogP contribution < -0.4 is 4.90 Å². The van der Waals surface area contributed by atoms with E-state index in [9.17, 15) is 0 Å². The Bertz CT molecular complexity index is 770. The van der Waals surface area contributed by atoms with Crippen LogP contribution in [0.1, 0.15) is 25.3 Å². The van der Waals surface area contributed by atoms with Crippen LogP contribution in [0.15, 0.2) is 52.9 Å². The highest BCUT2D eigenvalue weighted by Crippen LogP contribution is 2.27. The molecule has 0 fully saturated rings. The Balaban J connectivity index is 1.96. The summed E-state index contributed by atoms with van der Waals surface area (Å²) in [4.78, 5) is 6.94. The first-order valence-electron chi connectivity index (χ1n) is 7.69. The lowest BCUT2D eigenvalue weighted by molar-refractivity contribution is 0.589. The third-order valence-electron chi connectivity index (χ3n) is 3.74. The lowest BCUT2D eigenvalue weighted by Crippen LogP contribution is -2.21. The fourth-order valence-electron chi connectivity index (χ4n) is 2.57. The van der Waals surface area contributed by atoms with Crippen molar-refractivity contribution in [3.8, 4) is 0 Å². The molecule has 22 heavy (non-hydrogen) atoms. The fourth-order valence-corrected chi connectivity index (χ4v) is 2.57. The summed E-state index contributed by atoms with van der Waals surface area (Å²) in [5.74, 6) is 0.637. The van der Waals surface area contributed by atoms with E-state index < -0.39 is 0 Å². The number of oxazole rings is 1. The van der Waals surface area contributed by atoms with Gasteiger partial charge in [0, 0.05) is 19.2 Å². The maximum Gasteiger partial charge on any atom is 0.220 e. The van der Waals surface area contributed by atoms with Crippen LogP contribution in [0, 0.1) is 0 Å². The van der Waals surface area contributed by atoms with E-state index in [4.69, 9.17) is 4.42 Å². The predicted molar refractivity (Wildman–Crippen MR) is 92.9 cm³/mol. The molecule has 1 aromatic heterocycles. The molecule has 0 atom stereocenters. The smallest absolute Gasteiger partial charge is 0.220 e. The van der Waals surface area contributed by atoms with Gasteiger partial charge in [-0.1, -0.05) is 36.4 Å². The van der Waals surface area contributed by atoms with E-state index in [1.165, 1.54) is 0 Å². The van der Waals surface area contributed by atoms with Crippen LogP contribution in [0.3, 0.4) is 0 Å². The van der Waals surface area contributed by atoms with Crippen molar-refractivity contribution in [2.75, 3.05) is 18.0 Å². The highest BCUT2D eigenvalue weighted by atomic mass is 16.3. The molecule has 0 aliphatic heterocycles. The van der Waals surface area contributed by atoms with Crippen LogP contribution >= 0.6 is 0 Å². The molecule has 3 nitrogen and oxygen atoms in total. The Hall–Kier alpha value is -2.55. The van der Waals surface area contributed by atoms with Gasteiger partial charge in [-0.3, -0.25) is 0 Å². The Morgan fingerprint density at radius 2 is 1.73 bits per heavy atom. The molecule has 3 rings (SSSR count). The number of aromatic nitrogens is 1. The van der Waals surface area contributed by atoms with Gasteiger partial charge in [0.25, 0.3) is 0 Å². The summed E-state index contributed by atoms with van der Waals surface area (Å²) < 4.78 is 5.85. The van der Waals surface area contributed by atoms with Gasteiger partial charge in [-0.15, -0.1) is 0 Å². The molecule has 1 heterocycles. The molecular weight excluding hydrogens is 272 g/mol. The average Bonchev–Trinajstić information content (AvgIpc) is 2.99. The number of fused-ring (bicyclic) bond motifs is 1. The zero-order valence-corrected chi connectivity index (χ0v) is 13.0. The molecule has 0 radical (unpaired) electrons. The first kappa shape index (κ1) is 14.4. The van der Waals surface area contributed by atoms with E-state index in [2.05, 4.69) is 41.9 Å². The molecule has 0 aliphatic rings. The molecule has 0 unspecified atom stereocenters. The van der Waals surface area contributed by atoms with Crippen molar-refractivity contribution in [1.82, 2.24) is 4.98 Å². The van der Waals surface area contributed by atoms with Gasteiger partial charge in [0.1, 0.15) is 5.52 Å². The number of anilines is 1. The molecule has 0 N–H and O–H groups in total. The van der Waals surface area contributed by atoms with Crippen molar-refractivity contribution >= 4 is 28.9 Å². The van der Waals surface area contributed by atoms with E-state index >= 15 is 0 Å². The number of nitrogens with zero attached hydrogens (tertiary/aromatic N) is 2. The fraction of sp³-hybridized carbons (Fsp3) is 0.211. The minimum Gasteiger partial charge on any atom is -0.437 e. The molecule has 112 valence electrons. The number of para-hydroxylation sites is 1. The van der Waals surface area contributed by atoms with Gasteiger partial charge in [-0.2, -0.15) is 0 Å². The molecule has 2 aromatic carbocycles. The average molecular weight is 292 g/mol. The van der Waals surface area contributed by atoms with Crippen molar-refractivity contribution in [2.24, 2.45) is 0 Å². The van der Waals surface area contributed by atoms with E-state index in [1.807, 2.05) is 42.5 Å². The van der Waals surface area contributed by atoms with Crippen LogP contribution in [0.5, 0.6) is 0 Å². The maximum absolute atomic E-state index is 5.85. The van der Waals surface area contributed by atoms with Crippen LogP contribution in [0.25, 0.3) is 23.3 Å². The topological polar surface area (TPSA) is 29.3 Å². The molecule has 0 saturated heterocycles. The summed E-state index contributed by atoms with van der Waals surface area (Å²) in [6.07, 6.45) is 3.93. The lowest BCUT2D eigenvalue weighted by Gasteiger charge is -2.20. The second-order valence-corrected chi connectivity index (χ2v) is 5.09. The van der Waals surface area contributed by atoms with Crippen LogP contribution in [-0.2, 0) is 0 Å². The third kappa shape index (κ3) is 2.89. The monoisotopic (exact) mass is 292 g/mol. The van der Waals surface area contributed by atoms with E-state index in [0.717, 1.165) is 35.4 Å². The van der Waals surface area contributed by atoms with Crippen molar-refractivity contribution < 1.29 is 4.42 Å². The van der Waals surface area contributed by atoms with Gasteiger partial charge in [-0.05, 0) is 37.6 Å². The number of hydrogen-bond acceptors (Lipinski definition) is 3. The number of rotatable bonds is 5. The minimum absolute atomic E-state index is 0.637. The van der Waals surface area contributed by atoms with Crippen molar-refractivity contribution in [3.63, 3.8) is 0 Å². The van der Waals surface area contributed by atoms with Crippen molar-refractivity contribution in [3.05, 3.63) is 60.0 Å². The first-order chi connectivity index (χ1) is 10.8. The normalized spacial score (nSPS) is 11.4. The Labute approximate surface area is 130 Å². The summed E-state index contributed by atoms with van der Waals surface area (Å²) in [5.41, 5.74) is 4.02. The summed E-state index contributed by atoms with van der Waals surface area (Å²) in [7, 11) is 0. The van der Waals surface area contributed by atoms with Gasteiger partial charge < -0.3 is 9.32 Å². The largest absolute Gasteiger partial charge is 0.437 e. The standard InChI is InChI=1S/C19H20N2O/c1-3-21(4-2)16-11-8-12-17-19(16)20-18(22-17)14-13-15-9-6-5-7-10-15/h5-14H,3-4H2,1-2H3. The quantitative estimate of drug-likeness (QED) is 0.673. The van der Waals surface area contributed by atoms with Crippen molar-refractivity contribution in [1.29, 1.82) is 0 Å². The highest BCUT2D eigenvalue weighted by molar-refractivity contribution is 5.88. The molecule has 0 saturated carbocycles. The number of hydrogen-bond donors (Lipinski definition) is 0. The van der Waals surface area contributed by atoms with Crippen LogP contribution in [0.4, 0.5) is 5.69 Å². The predicted octanol–water partition coefficient (Wildman–Crippen LogP) is 4.84. The Kier molecular flexibility index (Phi) is 4.24. The van der Waals surface area contributed by atoms with E-state index in [1.54, 1.807) is 0 Å². The minimum atomic E-state index is 0.637. The molecule has 0 spiro atoms. The SMILES string of the molecule is CCN(CC)c1cccc2oc(C=Cc3ccccc3)nc12. The third-order valence-corrected chi connectivity index (χ3v) is 3.74. The zero-order chi connectivity index (χ0) is 15.4. The van der Waals surface area contributed by atoms with Gasteiger partial charge in [0.05, 0.1) is 5.69 Å². The van der Waals surface area contributed by atoms with Gasteiger partial charge in [0.15, 0.2) is 5.58 Å². The summed E-state index contributed by atoms with van der Waals surface area (Å²) in [6.45, 7) is 6.21. The summed E-state index contributed by atoms with van der Waals surface area (Å²) >= 11 is 0. The summed E-state index contributed by atoms with van der Waals surface area (Å²) in [6, 6.07) is 16.2. The Morgan fingerprint density at radius 1 is 0.955 bits per heavy atom. The van der Waals surface area contributed by atoms with Crippen LogP contribution in [0.2, 0.25) is 0 Å². The van der Waals surface area contributed by atoms with Crippen LogP contribution in [-0.4, -0.2) is 18.1 Å². The molecular formula is C19H20N2O. The molecule has 0 amide bonds. The second kappa shape index (κ2) is 6.48. The Morgan fingerprint density at radius 3 is 2.45 bits per heavy atom. The molecule has 3 heteroatoms. The first-order valence-corrected chi connectivity index (χ1v) is 7.69. The second-order valence-electron chi connectivity index (χ2n) is 5.09. The maximum atomic E-state index is 5.85. The molecule has 3 aromatic rings. The van der Waals surface area contributed by atoms with E-state index in [0.29, 0.717) is 5.89 Å². The zero-order valence-electron chi connectivity index (χ0n) is 13.0. The van der Waals surface area contributed by atoms with Gasteiger partial charge >= 0.3 is 0 Å². The summed E-state index contributed by atoms with van der Waals surface area (Å²) in [5, 5.41) is 0. The lowest BCUT2D eigenvalue weighted by atomic mass is 10.2. The van der Waals surface area contributed by atoms with E-state index in [-0.39, 0.29) is 0 Å². The highest BCUT2D eigenvalue weighted by Gasteiger charge is 2.11. The van der Waals surface area contributed by atoms with Crippen molar-refractivity contribution in [2.45, 2.75) is 13.8 Å².